The summed E-state index contributed by atoms with van der Waals surface area (Å²) in [4.78, 5) is 0. The van der Waals surface area contributed by atoms with E-state index in [9.17, 15) is 8.78 Å². The molecule has 1 saturated carbocycles. The maximum atomic E-state index is 13.5. The number of hydrogen-bond acceptors (Lipinski definition) is 2. The molecule has 90 valence electrons. The average molecular weight is 301 g/mol. The highest BCUT2D eigenvalue weighted by Gasteiger charge is 2.27. The van der Waals surface area contributed by atoms with Crippen molar-refractivity contribution in [3.63, 3.8) is 0 Å². The zero-order valence-corrected chi connectivity index (χ0v) is 10.6. The topological polar surface area (TPSA) is 35.8 Å². The van der Waals surface area contributed by atoms with Crippen LogP contribution in [0.5, 0.6) is 0 Å². The van der Waals surface area contributed by atoms with Crippen LogP contribution in [-0.4, -0.2) is 6.04 Å². The molecule has 0 aliphatic heterocycles. The first-order chi connectivity index (χ1) is 8.11. The highest BCUT2D eigenvalue weighted by Crippen LogP contribution is 2.30. The third-order valence-corrected chi connectivity index (χ3v) is 3.64. The summed E-state index contributed by atoms with van der Waals surface area (Å²) in [6.45, 7) is 0. The molecule has 0 radical (unpaired) electrons. The lowest BCUT2D eigenvalue weighted by atomic mass is 10.1. The second-order valence-corrected chi connectivity index (χ2v) is 5.02. The minimum Gasteiger partial charge on any atom is -0.379 e. The summed E-state index contributed by atoms with van der Waals surface area (Å²) >= 11 is 3.02. The zero-order valence-electron chi connectivity index (χ0n) is 9.01. The molecular weight excluding hydrogens is 290 g/mol. The van der Waals surface area contributed by atoms with Crippen LogP contribution in [0.2, 0.25) is 0 Å². The van der Waals surface area contributed by atoms with Gasteiger partial charge in [0.2, 0.25) is 0 Å². The van der Waals surface area contributed by atoms with Crippen molar-refractivity contribution in [1.29, 1.82) is 5.26 Å². The third-order valence-electron chi connectivity index (χ3n) is 3.03. The van der Waals surface area contributed by atoms with Gasteiger partial charge >= 0.3 is 0 Å². The first-order valence-electron chi connectivity index (χ1n) is 5.42. The Bertz CT molecular complexity index is 470. The summed E-state index contributed by atoms with van der Waals surface area (Å²) in [5.41, 5.74) is 0.241. The summed E-state index contributed by atoms with van der Waals surface area (Å²) in [6.07, 6.45) is 2.63. The molecule has 2 unspecified atom stereocenters. The van der Waals surface area contributed by atoms with Gasteiger partial charge < -0.3 is 5.32 Å². The lowest BCUT2D eigenvalue weighted by Gasteiger charge is -2.17. The lowest BCUT2D eigenvalue weighted by Crippen LogP contribution is -2.23. The fourth-order valence-corrected chi connectivity index (χ4v) is 2.46. The molecule has 1 aliphatic rings. The summed E-state index contributed by atoms with van der Waals surface area (Å²) in [5.74, 6) is -1.36. The van der Waals surface area contributed by atoms with E-state index in [1.165, 1.54) is 6.07 Å². The summed E-state index contributed by atoms with van der Waals surface area (Å²) < 4.78 is 26.8. The largest absolute Gasteiger partial charge is 0.379 e. The van der Waals surface area contributed by atoms with Crippen molar-refractivity contribution >= 4 is 21.6 Å². The first-order valence-corrected chi connectivity index (χ1v) is 6.22. The molecule has 1 aromatic rings. The predicted octanol–water partition coefficient (Wildman–Crippen LogP) is 3.83. The molecule has 1 aromatic carbocycles. The second kappa shape index (κ2) is 5.01. The van der Waals surface area contributed by atoms with Gasteiger partial charge in [-0.2, -0.15) is 5.26 Å². The van der Waals surface area contributed by atoms with Gasteiger partial charge in [0.1, 0.15) is 11.6 Å². The van der Waals surface area contributed by atoms with Gasteiger partial charge in [-0.15, -0.1) is 0 Å². The molecular formula is C12H11BrF2N2. The van der Waals surface area contributed by atoms with E-state index in [2.05, 4.69) is 27.3 Å². The molecule has 0 spiro atoms. The lowest BCUT2D eigenvalue weighted by molar-refractivity contribution is 0.573. The van der Waals surface area contributed by atoms with Crippen molar-refractivity contribution in [2.45, 2.75) is 25.3 Å². The average Bonchev–Trinajstić information content (AvgIpc) is 2.73. The molecule has 2 nitrogen and oxygen atoms in total. The van der Waals surface area contributed by atoms with Crippen LogP contribution in [0.25, 0.3) is 0 Å². The fourth-order valence-electron chi connectivity index (χ4n) is 2.12. The molecule has 0 amide bonds. The molecule has 17 heavy (non-hydrogen) atoms. The summed E-state index contributed by atoms with van der Waals surface area (Å²) in [6, 6.07) is 4.37. The summed E-state index contributed by atoms with van der Waals surface area (Å²) in [5, 5.41) is 11.9. The monoisotopic (exact) mass is 300 g/mol. The molecule has 0 heterocycles. The van der Waals surface area contributed by atoms with Gasteiger partial charge in [-0.3, -0.25) is 0 Å². The molecule has 2 atom stereocenters. The van der Waals surface area contributed by atoms with Gasteiger partial charge in [0.15, 0.2) is 0 Å². The molecule has 5 heteroatoms. The zero-order chi connectivity index (χ0) is 12.4. The van der Waals surface area contributed by atoms with Gasteiger partial charge in [0, 0.05) is 12.1 Å². The van der Waals surface area contributed by atoms with E-state index in [4.69, 9.17) is 5.26 Å². The minimum absolute atomic E-state index is 0.0492. The number of rotatable bonds is 2. The highest BCUT2D eigenvalue weighted by molar-refractivity contribution is 9.10. The van der Waals surface area contributed by atoms with Crippen molar-refractivity contribution in [2.75, 3.05) is 5.32 Å². The Morgan fingerprint density at radius 1 is 1.29 bits per heavy atom. The van der Waals surface area contributed by atoms with Crippen LogP contribution in [0.1, 0.15) is 19.3 Å². The Labute approximate surface area is 107 Å². The maximum Gasteiger partial charge on any atom is 0.149 e. The Morgan fingerprint density at radius 2 is 2.06 bits per heavy atom. The Balaban J connectivity index is 2.19. The molecule has 0 aromatic heterocycles. The quantitative estimate of drug-likeness (QED) is 0.843. The van der Waals surface area contributed by atoms with Crippen LogP contribution in [0, 0.1) is 28.9 Å². The number of anilines is 1. The van der Waals surface area contributed by atoms with Crippen LogP contribution in [0.3, 0.4) is 0 Å². The van der Waals surface area contributed by atoms with Crippen molar-refractivity contribution in [1.82, 2.24) is 0 Å². The number of hydrogen-bond donors (Lipinski definition) is 1. The van der Waals surface area contributed by atoms with Gasteiger partial charge in [-0.05, 0) is 41.3 Å². The van der Waals surface area contributed by atoms with Crippen molar-refractivity contribution in [3.05, 3.63) is 28.2 Å². The van der Waals surface area contributed by atoms with Crippen LogP contribution in [-0.2, 0) is 0 Å². The molecule has 1 aliphatic carbocycles. The van der Waals surface area contributed by atoms with E-state index >= 15 is 0 Å². The maximum absolute atomic E-state index is 13.5. The highest BCUT2D eigenvalue weighted by atomic mass is 79.9. The van der Waals surface area contributed by atoms with E-state index in [-0.39, 0.29) is 22.1 Å². The molecule has 0 bridgehead atoms. The number of halogens is 3. The van der Waals surface area contributed by atoms with Gasteiger partial charge in [-0.1, -0.05) is 0 Å². The molecule has 0 saturated heterocycles. The standard InChI is InChI=1S/C12H11BrF2N2/c13-8-4-12(10(15)5-9(8)14)17-11-3-1-2-7(11)6-16/h4-5,7,11,17H,1-3H2. The first kappa shape index (κ1) is 12.3. The van der Waals surface area contributed by atoms with Gasteiger partial charge in [0.05, 0.1) is 22.1 Å². The normalized spacial score (nSPS) is 23.4. The number of nitrogens with one attached hydrogen (secondary N) is 1. The van der Waals surface area contributed by atoms with Crippen LogP contribution >= 0.6 is 15.9 Å². The van der Waals surface area contributed by atoms with E-state index in [0.717, 1.165) is 25.3 Å². The molecule has 2 rings (SSSR count). The van der Waals surface area contributed by atoms with Crippen LogP contribution in [0.4, 0.5) is 14.5 Å². The third kappa shape index (κ3) is 2.58. The predicted molar refractivity (Wildman–Crippen MR) is 64.4 cm³/mol. The van der Waals surface area contributed by atoms with E-state index < -0.39 is 11.6 Å². The minimum atomic E-state index is -0.630. The Hall–Kier alpha value is -1.15. The SMILES string of the molecule is N#CC1CCCC1Nc1cc(Br)c(F)cc1F. The van der Waals surface area contributed by atoms with E-state index in [0.29, 0.717) is 0 Å². The number of nitriles is 1. The Morgan fingerprint density at radius 3 is 2.76 bits per heavy atom. The van der Waals surface area contributed by atoms with Crippen molar-refractivity contribution < 1.29 is 8.78 Å². The van der Waals surface area contributed by atoms with Crippen molar-refractivity contribution in [3.8, 4) is 6.07 Å². The number of benzene rings is 1. The van der Waals surface area contributed by atoms with Crippen molar-refractivity contribution in [2.24, 2.45) is 5.92 Å². The van der Waals surface area contributed by atoms with Gasteiger partial charge in [0.25, 0.3) is 0 Å². The molecule has 1 N–H and O–H groups in total. The second-order valence-electron chi connectivity index (χ2n) is 4.16. The fraction of sp³-hybridized carbons (Fsp3) is 0.417. The number of nitrogens with zero attached hydrogens (tertiary/aromatic N) is 1. The van der Waals surface area contributed by atoms with Crippen LogP contribution < -0.4 is 5.32 Å². The van der Waals surface area contributed by atoms with E-state index in [1.54, 1.807) is 0 Å². The smallest absolute Gasteiger partial charge is 0.149 e. The van der Waals surface area contributed by atoms with E-state index in [1.807, 2.05) is 0 Å². The van der Waals surface area contributed by atoms with Crippen LogP contribution in [0.15, 0.2) is 16.6 Å². The Kier molecular flexibility index (Phi) is 3.63. The van der Waals surface area contributed by atoms with Gasteiger partial charge in [-0.25, -0.2) is 8.78 Å². The molecule has 1 fully saturated rings. The summed E-state index contributed by atoms with van der Waals surface area (Å²) in [7, 11) is 0.